The summed E-state index contributed by atoms with van der Waals surface area (Å²) in [5, 5.41) is 0. The zero-order valence-corrected chi connectivity index (χ0v) is 9.90. The summed E-state index contributed by atoms with van der Waals surface area (Å²) in [6, 6.07) is 0.969. The number of carbonyl (C=O) groups is 1. The van der Waals surface area contributed by atoms with Crippen molar-refractivity contribution < 1.29 is 4.79 Å². The molecule has 2 heterocycles. The monoisotopic (exact) mass is 219 g/mol. The summed E-state index contributed by atoms with van der Waals surface area (Å²) in [5.74, 6) is 1.13. The van der Waals surface area contributed by atoms with Crippen LogP contribution in [0.1, 0.15) is 51.4 Å². The molecule has 1 saturated heterocycles. The van der Waals surface area contributed by atoms with Crippen LogP contribution in [0.2, 0.25) is 0 Å². The van der Waals surface area contributed by atoms with E-state index in [0.717, 1.165) is 12.8 Å². The molecule has 2 fully saturated rings. The average Bonchev–Trinajstić information content (AvgIpc) is 2.86. The molecular weight excluding hydrogens is 198 g/mol. The predicted octanol–water partition coefficient (Wildman–Crippen LogP) is 2.89. The Morgan fingerprint density at radius 1 is 1.19 bits per heavy atom. The second-order valence-corrected chi connectivity index (χ2v) is 5.62. The lowest BCUT2D eigenvalue weighted by molar-refractivity contribution is -0.134. The minimum atomic E-state index is 0.434. The summed E-state index contributed by atoms with van der Waals surface area (Å²) >= 11 is 0. The van der Waals surface area contributed by atoms with Gasteiger partial charge in [0.25, 0.3) is 0 Å². The van der Waals surface area contributed by atoms with Gasteiger partial charge in [0.05, 0.1) is 6.04 Å². The number of rotatable bonds is 2. The van der Waals surface area contributed by atoms with Crippen molar-refractivity contribution in [1.29, 1.82) is 0 Å². The normalized spacial score (nSPS) is 33.6. The number of fused-ring (bicyclic) bond motifs is 2. The molecular formula is C14H21NO. The van der Waals surface area contributed by atoms with Crippen molar-refractivity contribution >= 4 is 5.91 Å². The highest BCUT2D eigenvalue weighted by molar-refractivity contribution is 5.78. The minimum Gasteiger partial charge on any atom is -0.333 e. The molecule has 1 aliphatic carbocycles. The Balaban J connectivity index is 1.64. The van der Waals surface area contributed by atoms with Crippen LogP contribution in [0.5, 0.6) is 0 Å². The van der Waals surface area contributed by atoms with Crippen LogP contribution >= 0.6 is 0 Å². The van der Waals surface area contributed by atoms with Gasteiger partial charge in [0.2, 0.25) is 5.91 Å². The highest BCUT2D eigenvalue weighted by atomic mass is 16.2. The van der Waals surface area contributed by atoms with E-state index < -0.39 is 0 Å². The van der Waals surface area contributed by atoms with E-state index in [2.05, 4.69) is 17.1 Å². The molecule has 1 saturated carbocycles. The Morgan fingerprint density at radius 3 is 2.75 bits per heavy atom. The predicted molar refractivity (Wildman–Crippen MR) is 64.0 cm³/mol. The molecule has 2 nitrogen and oxygen atoms in total. The lowest BCUT2D eigenvalue weighted by Crippen LogP contribution is -2.42. The fraction of sp³-hybridized carbons (Fsp3) is 0.786. The maximum Gasteiger partial charge on any atom is 0.223 e. The van der Waals surface area contributed by atoms with Crippen molar-refractivity contribution in [2.24, 2.45) is 5.92 Å². The molecule has 2 bridgehead atoms. The van der Waals surface area contributed by atoms with Crippen LogP contribution < -0.4 is 0 Å². The number of hydrogen-bond acceptors (Lipinski definition) is 1. The second kappa shape index (κ2) is 4.23. The van der Waals surface area contributed by atoms with Gasteiger partial charge in [0, 0.05) is 12.5 Å². The Morgan fingerprint density at radius 2 is 2.00 bits per heavy atom. The first kappa shape index (κ1) is 10.4. The van der Waals surface area contributed by atoms with E-state index in [1.165, 1.54) is 38.5 Å². The third kappa shape index (κ3) is 1.79. The fourth-order valence-corrected chi connectivity index (χ4v) is 3.68. The van der Waals surface area contributed by atoms with Crippen LogP contribution in [-0.2, 0) is 4.79 Å². The molecule has 0 N–H and O–H groups in total. The van der Waals surface area contributed by atoms with Gasteiger partial charge < -0.3 is 4.90 Å². The Bertz CT molecular complexity index is 304. The van der Waals surface area contributed by atoms with Crippen LogP contribution in [0.25, 0.3) is 0 Å². The van der Waals surface area contributed by atoms with Gasteiger partial charge in [-0.2, -0.15) is 0 Å². The van der Waals surface area contributed by atoms with E-state index in [-0.39, 0.29) is 0 Å². The van der Waals surface area contributed by atoms with E-state index in [9.17, 15) is 4.79 Å². The molecule has 2 aliphatic heterocycles. The van der Waals surface area contributed by atoms with Crippen LogP contribution in [0.3, 0.4) is 0 Å². The Hall–Kier alpha value is -0.790. The van der Waals surface area contributed by atoms with Gasteiger partial charge in [-0.3, -0.25) is 4.79 Å². The molecule has 0 radical (unpaired) electrons. The molecule has 0 aromatic heterocycles. The summed E-state index contributed by atoms with van der Waals surface area (Å²) in [5.41, 5.74) is 0. The van der Waals surface area contributed by atoms with Gasteiger partial charge in [-0.05, 0) is 38.0 Å². The third-order valence-electron chi connectivity index (χ3n) is 4.54. The summed E-state index contributed by atoms with van der Waals surface area (Å²) in [4.78, 5) is 14.5. The lowest BCUT2D eigenvalue weighted by Gasteiger charge is -2.32. The molecule has 88 valence electrons. The van der Waals surface area contributed by atoms with Gasteiger partial charge >= 0.3 is 0 Å². The number of carbonyl (C=O) groups excluding carboxylic acids is 1. The van der Waals surface area contributed by atoms with Crippen LogP contribution in [-0.4, -0.2) is 22.9 Å². The molecule has 3 rings (SSSR count). The molecule has 16 heavy (non-hydrogen) atoms. The molecule has 2 atom stereocenters. The number of hydrogen-bond donors (Lipinski definition) is 0. The number of nitrogens with zero attached hydrogens (tertiary/aromatic N) is 1. The maximum atomic E-state index is 12.3. The SMILES string of the molecule is O=C(CC1CCCC1)N1C2C=CCC1CC2. The van der Waals surface area contributed by atoms with Crippen molar-refractivity contribution in [3.63, 3.8) is 0 Å². The first-order valence-electron chi connectivity index (χ1n) is 6.82. The Kier molecular flexibility index (Phi) is 2.74. The highest BCUT2D eigenvalue weighted by Crippen LogP contribution is 2.34. The van der Waals surface area contributed by atoms with Crippen LogP contribution in [0.15, 0.2) is 12.2 Å². The van der Waals surface area contributed by atoms with E-state index in [4.69, 9.17) is 0 Å². The smallest absolute Gasteiger partial charge is 0.223 e. The standard InChI is InChI=1S/C14H21NO/c16-14(10-11-4-1-2-5-11)15-12-6-3-7-13(15)9-8-12/h3,6,11-13H,1-2,4-5,7-10H2. The van der Waals surface area contributed by atoms with Crippen LogP contribution in [0.4, 0.5) is 0 Å². The topological polar surface area (TPSA) is 20.3 Å². The molecule has 2 unspecified atom stereocenters. The lowest BCUT2D eigenvalue weighted by atomic mass is 10.0. The van der Waals surface area contributed by atoms with Crippen molar-refractivity contribution in [1.82, 2.24) is 4.90 Å². The zero-order chi connectivity index (χ0) is 11.0. The molecule has 0 aromatic carbocycles. The Labute approximate surface area is 97.7 Å². The molecule has 1 amide bonds. The fourth-order valence-electron chi connectivity index (χ4n) is 3.68. The molecule has 3 aliphatic rings. The minimum absolute atomic E-state index is 0.434. The van der Waals surface area contributed by atoms with Crippen molar-refractivity contribution in [3.8, 4) is 0 Å². The van der Waals surface area contributed by atoms with Crippen molar-refractivity contribution in [2.75, 3.05) is 0 Å². The van der Waals surface area contributed by atoms with Crippen LogP contribution in [0, 0.1) is 5.92 Å². The third-order valence-corrected chi connectivity index (χ3v) is 4.54. The van der Waals surface area contributed by atoms with E-state index >= 15 is 0 Å². The largest absolute Gasteiger partial charge is 0.333 e. The maximum absolute atomic E-state index is 12.3. The van der Waals surface area contributed by atoms with Gasteiger partial charge in [-0.15, -0.1) is 0 Å². The van der Waals surface area contributed by atoms with Gasteiger partial charge in [0.1, 0.15) is 0 Å². The number of amides is 1. The highest BCUT2D eigenvalue weighted by Gasteiger charge is 2.37. The van der Waals surface area contributed by atoms with E-state index in [0.29, 0.717) is 23.9 Å². The summed E-state index contributed by atoms with van der Waals surface area (Å²) in [7, 11) is 0. The van der Waals surface area contributed by atoms with Gasteiger partial charge in [-0.1, -0.05) is 25.0 Å². The first-order valence-corrected chi connectivity index (χ1v) is 6.82. The van der Waals surface area contributed by atoms with Gasteiger partial charge in [0.15, 0.2) is 0 Å². The zero-order valence-electron chi connectivity index (χ0n) is 9.90. The van der Waals surface area contributed by atoms with E-state index in [1.54, 1.807) is 0 Å². The molecule has 0 aromatic rings. The quantitative estimate of drug-likeness (QED) is 0.654. The summed E-state index contributed by atoms with van der Waals surface area (Å²) < 4.78 is 0. The first-order chi connectivity index (χ1) is 7.84. The average molecular weight is 219 g/mol. The van der Waals surface area contributed by atoms with Crippen molar-refractivity contribution in [3.05, 3.63) is 12.2 Å². The van der Waals surface area contributed by atoms with Gasteiger partial charge in [-0.25, -0.2) is 0 Å². The van der Waals surface area contributed by atoms with Crippen molar-refractivity contribution in [2.45, 2.75) is 63.5 Å². The van der Waals surface area contributed by atoms with E-state index in [1.807, 2.05) is 0 Å². The summed E-state index contributed by atoms with van der Waals surface area (Å²) in [6.45, 7) is 0. The molecule has 0 spiro atoms. The summed E-state index contributed by atoms with van der Waals surface area (Å²) in [6.07, 6.45) is 14.1. The molecule has 2 heteroatoms. The second-order valence-electron chi connectivity index (χ2n) is 5.62.